The molecule has 7 heteroatoms. The van der Waals surface area contributed by atoms with E-state index in [9.17, 15) is 5.26 Å². The van der Waals surface area contributed by atoms with E-state index in [0.29, 0.717) is 40.9 Å². The Morgan fingerprint density at radius 3 is 2.52 bits per heavy atom. The summed E-state index contributed by atoms with van der Waals surface area (Å²) in [4.78, 5) is 9.27. The lowest BCUT2D eigenvalue weighted by Crippen LogP contribution is -2.07. The number of hydrogen-bond donors (Lipinski definition) is 1. The Balaban J connectivity index is 1.88. The second-order valence-corrected chi connectivity index (χ2v) is 7.21. The van der Waals surface area contributed by atoms with Crippen LogP contribution in [0.1, 0.15) is 29.3 Å². The SMILES string of the molecule is CCc1nn(-c2cc(Oc3cc(C)ccc3C)nc(-c3ccccc3)n2)c(N)c1C#N. The van der Waals surface area contributed by atoms with E-state index in [0.717, 1.165) is 16.7 Å². The molecule has 0 saturated carbocycles. The molecule has 2 N–H and O–H groups in total. The van der Waals surface area contributed by atoms with Gasteiger partial charge in [0.25, 0.3) is 0 Å². The molecule has 0 spiro atoms. The number of aromatic nitrogens is 4. The summed E-state index contributed by atoms with van der Waals surface area (Å²) in [6.07, 6.45) is 0.586. The first-order valence-corrected chi connectivity index (χ1v) is 9.97. The van der Waals surface area contributed by atoms with Gasteiger partial charge in [-0.25, -0.2) is 4.98 Å². The molecule has 0 bridgehead atoms. The number of benzene rings is 2. The average Bonchev–Trinajstić information content (AvgIpc) is 3.12. The molecule has 0 aliphatic carbocycles. The Morgan fingerprint density at radius 2 is 1.84 bits per heavy atom. The molecule has 0 saturated heterocycles. The Morgan fingerprint density at radius 1 is 1.06 bits per heavy atom. The fourth-order valence-electron chi connectivity index (χ4n) is 3.24. The molecule has 0 fully saturated rings. The van der Waals surface area contributed by atoms with Crippen molar-refractivity contribution in [3.8, 4) is 34.9 Å². The van der Waals surface area contributed by atoms with Crippen LogP contribution in [0.5, 0.6) is 11.6 Å². The van der Waals surface area contributed by atoms with Crippen molar-refractivity contribution >= 4 is 5.82 Å². The minimum Gasteiger partial charge on any atom is -0.439 e. The van der Waals surface area contributed by atoms with Gasteiger partial charge in [-0.2, -0.15) is 20.0 Å². The Labute approximate surface area is 180 Å². The van der Waals surface area contributed by atoms with Crippen molar-refractivity contribution in [1.82, 2.24) is 19.7 Å². The van der Waals surface area contributed by atoms with E-state index in [-0.39, 0.29) is 5.82 Å². The summed E-state index contributed by atoms with van der Waals surface area (Å²) < 4.78 is 7.62. The third kappa shape index (κ3) is 3.96. The minimum atomic E-state index is 0.245. The first kappa shape index (κ1) is 20.1. The van der Waals surface area contributed by atoms with Crippen LogP contribution >= 0.6 is 0 Å². The maximum absolute atomic E-state index is 9.49. The minimum absolute atomic E-state index is 0.245. The van der Waals surface area contributed by atoms with Crippen LogP contribution in [0.15, 0.2) is 54.6 Å². The number of rotatable bonds is 5. The highest BCUT2D eigenvalue weighted by Gasteiger charge is 2.18. The summed E-state index contributed by atoms with van der Waals surface area (Å²) >= 11 is 0. The molecule has 0 atom stereocenters. The maximum Gasteiger partial charge on any atom is 0.225 e. The van der Waals surface area contributed by atoms with Crippen LogP contribution in [-0.2, 0) is 6.42 Å². The van der Waals surface area contributed by atoms with E-state index in [1.807, 2.05) is 69.3 Å². The van der Waals surface area contributed by atoms with Crippen LogP contribution in [0.2, 0.25) is 0 Å². The van der Waals surface area contributed by atoms with Gasteiger partial charge >= 0.3 is 0 Å². The van der Waals surface area contributed by atoms with Gasteiger partial charge in [-0.3, -0.25) is 0 Å². The first-order chi connectivity index (χ1) is 15.0. The Kier molecular flexibility index (Phi) is 5.37. The molecule has 154 valence electrons. The molecule has 0 unspecified atom stereocenters. The molecular weight excluding hydrogens is 388 g/mol. The van der Waals surface area contributed by atoms with Crippen LogP contribution in [0.4, 0.5) is 5.82 Å². The van der Waals surface area contributed by atoms with Gasteiger partial charge in [-0.1, -0.05) is 49.4 Å². The molecule has 4 aromatic rings. The van der Waals surface area contributed by atoms with E-state index in [1.54, 1.807) is 6.07 Å². The number of nitriles is 1. The first-order valence-electron chi connectivity index (χ1n) is 9.97. The van der Waals surface area contributed by atoms with E-state index in [4.69, 9.17) is 10.5 Å². The van der Waals surface area contributed by atoms with Gasteiger partial charge < -0.3 is 10.5 Å². The molecule has 2 aromatic carbocycles. The lowest BCUT2D eigenvalue weighted by atomic mass is 10.1. The van der Waals surface area contributed by atoms with Crippen LogP contribution in [-0.4, -0.2) is 19.7 Å². The summed E-state index contributed by atoms with van der Waals surface area (Å²) in [5.41, 5.74) is 10.1. The van der Waals surface area contributed by atoms with Gasteiger partial charge in [0.1, 0.15) is 23.2 Å². The average molecular weight is 410 g/mol. The number of anilines is 1. The third-order valence-electron chi connectivity index (χ3n) is 4.94. The summed E-state index contributed by atoms with van der Waals surface area (Å²) in [6.45, 7) is 5.91. The molecule has 0 amide bonds. The molecule has 0 aliphatic rings. The molecule has 2 aromatic heterocycles. The van der Waals surface area contributed by atoms with Gasteiger partial charge in [-0.05, 0) is 37.5 Å². The second-order valence-electron chi connectivity index (χ2n) is 7.21. The summed E-state index contributed by atoms with van der Waals surface area (Å²) in [7, 11) is 0. The quantitative estimate of drug-likeness (QED) is 0.509. The van der Waals surface area contributed by atoms with Crippen molar-refractivity contribution in [1.29, 1.82) is 5.26 Å². The van der Waals surface area contributed by atoms with Crippen molar-refractivity contribution < 1.29 is 4.74 Å². The fraction of sp³-hybridized carbons (Fsp3) is 0.167. The molecule has 7 nitrogen and oxygen atoms in total. The molecule has 0 aliphatic heterocycles. The molecule has 31 heavy (non-hydrogen) atoms. The Hall–Kier alpha value is -4.18. The van der Waals surface area contributed by atoms with Crippen LogP contribution in [0, 0.1) is 25.2 Å². The number of nitrogen functional groups attached to an aromatic ring is 1. The number of nitrogens with zero attached hydrogens (tertiary/aromatic N) is 5. The maximum atomic E-state index is 9.49. The zero-order valence-corrected chi connectivity index (χ0v) is 17.6. The predicted molar refractivity (Wildman–Crippen MR) is 119 cm³/mol. The highest BCUT2D eigenvalue weighted by molar-refractivity contribution is 5.59. The third-order valence-corrected chi connectivity index (χ3v) is 4.94. The van der Waals surface area contributed by atoms with Crippen molar-refractivity contribution in [2.75, 3.05) is 5.73 Å². The lowest BCUT2D eigenvalue weighted by Gasteiger charge is -2.12. The normalized spacial score (nSPS) is 10.6. The lowest BCUT2D eigenvalue weighted by molar-refractivity contribution is 0.458. The molecular formula is C24H22N6O. The number of aryl methyl sites for hydroxylation is 3. The molecule has 0 radical (unpaired) electrons. The van der Waals surface area contributed by atoms with E-state index >= 15 is 0 Å². The Bertz CT molecular complexity index is 1290. The highest BCUT2D eigenvalue weighted by atomic mass is 16.5. The predicted octanol–water partition coefficient (Wildman–Crippen LogP) is 4.75. The fourth-order valence-corrected chi connectivity index (χ4v) is 3.24. The zero-order chi connectivity index (χ0) is 22.0. The number of hydrogen-bond acceptors (Lipinski definition) is 6. The highest BCUT2D eigenvalue weighted by Crippen LogP contribution is 2.29. The van der Waals surface area contributed by atoms with Crippen molar-refractivity contribution in [3.63, 3.8) is 0 Å². The van der Waals surface area contributed by atoms with Gasteiger partial charge in [-0.15, -0.1) is 0 Å². The molecule has 4 rings (SSSR count). The van der Waals surface area contributed by atoms with E-state index < -0.39 is 0 Å². The van der Waals surface area contributed by atoms with Crippen molar-refractivity contribution in [3.05, 3.63) is 77.0 Å². The van der Waals surface area contributed by atoms with Gasteiger partial charge in [0.2, 0.25) is 5.88 Å². The van der Waals surface area contributed by atoms with Crippen LogP contribution < -0.4 is 10.5 Å². The summed E-state index contributed by atoms with van der Waals surface area (Å²) in [6, 6.07) is 19.4. The molecule has 2 heterocycles. The zero-order valence-electron chi connectivity index (χ0n) is 17.6. The van der Waals surface area contributed by atoms with Crippen molar-refractivity contribution in [2.45, 2.75) is 27.2 Å². The topological polar surface area (TPSA) is 103 Å². The van der Waals surface area contributed by atoms with Gasteiger partial charge in [0.15, 0.2) is 11.6 Å². The van der Waals surface area contributed by atoms with E-state index in [2.05, 4.69) is 21.1 Å². The van der Waals surface area contributed by atoms with Gasteiger partial charge in [0, 0.05) is 11.6 Å². The van der Waals surface area contributed by atoms with Crippen LogP contribution in [0.25, 0.3) is 17.2 Å². The summed E-state index contributed by atoms with van der Waals surface area (Å²) in [5.74, 6) is 2.23. The summed E-state index contributed by atoms with van der Waals surface area (Å²) in [5, 5.41) is 14.0. The van der Waals surface area contributed by atoms with Crippen molar-refractivity contribution in [2.24, 2.45) is 0 Å². The number of nitrogens with two attached hydrogens (primary N) is 1. The van der Waals surface area contributed by atoms with Gasteiger partial charge in [0.05, 0.1) is 5.69 Å². The van der Waals surface area contributed by atoms with Crippen LogP contribution in [0.3, 0.4) is 0 Å². The van der Waals surface area contributed by atoms with E-state index in [1.165, 1.54) is 4.68 Å². The second kappa shape index (κ2) is 8.28. The number of ether oxygens (including phenoxy) is 1. The smallest absolute Gasteiger partial charge is 0.225 e. The monoisotopic (exact) mass is 410 g/mol. The standard InChI is InChI=1S/C24H22N6O/c1-4-19-18(14-25)23(26)30(29-19)21-13-22(31-20-12-15(2)10-11-16(20)3)28-24(27-21)17-8-6-5-7-9-17/h5-13H,4,26H2,1-3H3. The largest absolute Gasteiger partial charge is 0.439 e.